The Hall–Kier alpha value is -1.76. The number of anilines is 1. The molecule has 1 unspecified atom stereocenters. The smallest absolute Gasteiger partial charge is 0.191 e. The van der Waals surface area contributed by atoms with E-state index < -0.39 is 9.84 Å². The van der Waals surface area contributed by atoms with Gasteiger partial charge in [0.1, 0.15) is 9.84 Å². The Balaban J connectivity index is 2.31. The fraction of sp³-hybridized carbons (Fsp3) is 0.611. The lowest BCUT2D eigenvalue weighted by atomic mass is 10.1. The summed E-state index contributed by atoms with van der Waals surface area (Å²) in [7, 11) is 2.87. The Morgan fingerprint density at radius 1 is 1.24 bits per heavy atom. The van der Waals surface area contributed by atoms with Crippen molar-refractivity contribution in [2.75, 3.05) is 44.6 Å². The molecule has 25 heavy (non-hydrogen) atoms. The van der Waals surface area contributed by atoms with E-state index in [9.17, 15) is 8.42 Å². The second-order valence-corrected chi connectivity index (χ2v) is 8.89. The first-order chi connectivity index (χ1) is 11.7. The van der Waals surface area contributed by atoms with Crippen molar-refractivity contribution < 1.29 is 8.42 Å². The van der Waals surface area contributed by atoms with Gasteiger partial charge >= 0.3 is 0 Å². The number of nitrogens with one attached hydrogen (secondary N) is 2. The lowest BCUT2D eigenvalue weighted by Crippen LogP contribution is -2.43. The van der Waals surface area contributed by atoms with Crippen molar-refractivity contribution in [3.05, 3.63) is 29.8 Å². The number of guanidine groups is 1. The minimum atomic E-state index is -2.93. The highest BCUT2D eigenvalue weighted by atomic mass is 32.2. The number of nitrogens with zero attached hydrogens (tertiary/aromatic N) is 2. The first-order valence-electron chi connectivity index (χ1n) is 8.62. The fourth-order valence-electron chi connectivity index (χ4n) is 2.35. The summed E-state index contributed by atoms with van der Waals surface area (Å²) in [5.74, 6) is 0.894. The van der Waals surface area contributed by atoms with Crippen LogP contribution in [-0.4, -0.2) is 60.1 Å². The van der Waals surface area contributed by atoms with Crippen molar-refractivity contribution in [2.45, 2.75) is 32.2 Å². The van der Waals surface area contributed by atoms with E-state index >= 15 is 0 Å². The molecule has 0 bridgehead atoms. The molecule has 0 spiro atoms. The van der Waals surface area contributed by atoms with Crippen LogP contribution < -0.4 is 15.5 Å². The minimum absolute atomic E-state index is 0.0551. The molecule has 6 nitrogen and oxygen atoms in total. The summed E-state index contributed by atoms with van der Waals surface area (Å²) < 4.78 is 22.4. The maximum atomic E-state index is 11.2. The van der Waals surface area contributed by atoms with Crippen LogP contribution in [0.1, 0.15) is 25.3 Å². The molecule has 1 rings (SSSR count). The van der Waals surface area contributed by atoms with Crippen molar-refractivity contribution in [1.29, 1.82) is 0 Å². The minimum Gasteiger partial charge on any atom is -0.378 e. The standard InChI is InChI=1S/C18H32N4O2S/c1-15(12-14-25(5,23)24)21-18(19-2)20-13-6-7-16-8-10-17(11-9-16)22(3)4/h8-11,15H,6-7,12-14H2,1-5H3,(H2,19,20,21). The quantitative estimate of drug-likeness (QED) is 0.394. The molecule has 0 aliphatic carbocycles. The summed E-state index contributed by atoms with van der Waals surface area (Å²) in [6, 6.07) is 8.64. The number of hydrogen-bond acceptors (Lipinski definition) is 4. The van der Waals surface area contributed by atoms with Crippen LogP contribution in [0.25, 0.3) is 0 Å². The average Bonchev–Trinajstić information content (AvgIpc) is 2.55. The molecular weight excluding hydrogens is 336 g/mol. The van der Waals surface area contributed by atoms with Gasteiger partial charge in [0, 0.05) is 45.7 Å². The van der Waals surface area contributed by atoms with Crippen LogP contribution in [-0.2, 0) is 16.3 Å². The van der Waals surface area contributed by atoms with Gasteiger partial charge in [-0.1, -0.05) is 12.1 Å². The van der Waals surface area contributed by atoms with Gasteiger partial charge in [0.25, 0.3) is 0 Å². The maximum Gasteiger partial charge on any atom is 0.191 e. The molecule has 1 atom stereocenters. The van der Waals surface area contributed by atoms with Gasteiger partial charge in [-0.25, -0.2) is 8.42 Å². The van der Waals surface area contributed by atoms with Gasteiger partial charge < -0.3 is 15.5 Å². The molecule has 0 aliphatic rings. The van der Waals surface area contributed by atoms with Gasteiger partial charge in [-0.2, -0.15) is 0 Å². The molecular formula is C18H32N4O2S. The Kier molecular flexibility index (Phi) is 8.75. The monoisotopic (exact) mass is 368 g/mol. The third-order valence-corrected chi connectivity index (χ3v) is 4.89. The number of aryl methyl sites for hydroxylation is 1. The predicted molar refractivity (Wildman–Crippen MR) is 107 cm³/mol. The van der Waals surface area contributed by atoms with E-state index in [2.05, 4.69) is 44.8 Å². The zero-order chi connectivity index (χ0) is 18.9. The van der Waals surface area contributed by atoms with Gasteiger partial charge in [0.05, 0.1) is 5.75 Å². The lowest BCUT2D eigenvalue weighted by Gasteiger charge is -2.17. The first kappa shape index (κ1) is 21.3. The normalized spacial score (nSPS) is 13.4. The number of benzene rings is 1. The van der Waals surface area contributed by atoms with Gasteiger partial charge in [0.15, 0.2) is 5.96 Å². The van der Waals surface area contributed by atoms with E-state index in [4.69, 9.17) is 0 Å². The average molecular weight is 369 g/mol. The van der Waals surface area contributed by atoms with Crippen molar-refractivity contribution in [1.82, 2.24) is 10.6 Å². The second-order valence-electron chi connectivity index (χ2n) is 6.63. The molecule has 0 radical (unpaired) electrons. The van der Waals surface area contributed by atoms with Crippen LogP contribution in [0.4, 0.5) is 5.69 Å². The SMILES string of the molecule is CN=C(NCCCc1ccc(N(C)C)cc1)NC(C)CCS(C)(=O)=O. The molecule has 0 aliphatic heterocycles. The second kappa shape index (κ2) is 10.3. The van der Waals surface area contributed by atoms with E-state index in [-0.39, 0.29) is 11.8 Å². The number of aliphatic imine (C=N–C) groups is 1. The van der Waals surface area contributed by atoms with E-state index in [1.54, 1.807) is 7.05 Å². The van der Waals surface area contributed by atoms with Gasteiger partial charge in [-0.05, 0) is 43.9 Å². The molecule has 1 aromatic rings. The highest BCUT2D eigenvalue weighted by molar-refractivity contribution is 7.90. The predicted octanol–water partition coefficient (Wildman–Crippen LogP) is 1.67. The zero-order valence-corrected chi connectivity index (χ0v) is 16.9. The van der Waals surface area contributed by atoms with E-state index in [1.807, 2.05) is 21.0 Å². The Labute approximate surface area is 152 Å². The van der Waals surface area contributed by atoms with Crippen LogP contribution in [0.2, 0.25) is 0 Å². The van der Waals surface area contributed by atoms with Crippen LogP contribution in [0.3, 0.4) is 0 Å². The molecule has 0 amide bonds. The Bertz CT molecular complexity index is 640. The molecule has 1 aromatic carbocycles. The van der Waals surface area contributed by atoms with E-state index in [1.165, 1.54) is 17.5 Å². The Morgan fingerprint density at radius 3 is 2.40 bits per heavy atom. The highest BCUT2D eigenvalue weighted by Crippen LogP contribution is 2.13. The Morgan fingerprint density at radius 2 is 1.88 bits per heavy atom. The van der Waals surface area contributed by atoms with Crippen molar-refractivity contribution in [3.8, 4) is 0 Å². The zero-order valence-electron chi connectivity index (χ0n) is 16.0. The van der Waals surface area contributed by atoms with Gasteiger partial charge in [-0.3, -0.25) is 4.99 Å². The van der Waals surface area contributed by atoms with Crippen molar-refractivity contribution >= 4 is 21.5 Å². The van der Waals surface area contributed by atoms with Gasteiger partial charge in [0.2, 0.25) is 0 Å². The third-order valence-electron chi connectivity index (χ3n) is 3.92. The summed E-state index contributed by atoms with van der Waals surface area (Å²) in [6.07, 6.45) is 3.83. The lowest BCUT2D eigenvalue weighted by molar-refractivity contribution is 0.580. The maximum absolute atomic E-state index is 11.2. The molecule has 0 saturated heterocycles. The van der Waals surface area contributed by atoms with E-state index in [0.717, 1.165) is 19.4 Å². The molecule has 0 saturated carbocycles. The number of hydrogen-bond donors (Lipinski definition) is 2. The van der Waals surface area contributed by atoms with Crippen molar-refractivity contribution in [3.63, 3.8) is 0 Å². The summed E-state index contributed by atoms with van der Waals surface area (Å²) in [5.41, 5.74) is 2.52. The third kappa shape index (κ3) is 9.34. The molecule has 7 heteroatoms. The number of rotatable bonds is 9. The van der Waals surface area contributed by atoms with Crippen molar-refractivity contribution in [2.24, 2.45) is 4.99 Å². The van der Waals surface area contributed by atoms with Crippen LogP contribution >= 0.6 is 0 Å². The summed E-state index contributed by atoms with van der Waals surface area (Å²) in [6.45, 7) is 2.78. The first-order valence-corrected chi connectivity index (χ1v) is 10.7. The summed E-state index contributed by atoms with van der Waals surface area (Å²) in [4.78, 5) is 6.28. The number of sulfone groups is 1. The molecule has 0 fully saturated rings. The summed E-state index contributed by atoms with van der Waals surface area (Å²) in [5, 5.41) is 6.51. The fourth-order valence-corrected chi connectivity index (χ4v) is 3.13. The molecule has 0 aromatic heterocycles. The van der Waals surface area contributed by atoms with Crippen LogP contribution in [0.5, 0.6) is 0 Å². The van der Waals surface area contributed by atoms with Crippen LogP contribution in [0.15, 0.2) is 29.3 Å². The largest absolute Gasteiger partial charge is 0.378 e. The van der Waals surface area contributed by atoms with Gasteiger partial charge in [-0.15, -0.1) is 0 Å². The highest BCUT2D eigenvalue weighted by Gasteiger charge is 2.09. The van der Waals surface area contributed by atoms with E-state index in [0.29, 0.717) is 12.4 Å². The van der Waals surface area contributed by atoms with Crippen LogP contribution in [0, 0.1) is 0 Å². The molecule has 142 valence electrons. The molecule has 0 heterocycles. The summed E-state index contributed by atoms with van der Waals surface area (Å²) >= 11 is 0. The topological polar surface area (TPSA) is 73.8 Å². The molecule has 2 N–H and O–H groups in total.